The summed E-state index contributed by atoms with van der Waals surface area (Å²) in [5, 5.41) is 3.74. The maximum Gasteiger partial charge on any atom is 0.329 e. The standard InChI is InChI=1S/C14H18N2O4/c1-9-7-11(20-15-9)8-19-14(18)12-3-2-6-16(12)13(17)10-4-5-10/h7,10,12H,2-6,8H2,1H3/t12-/m1/s1. The van der Waals surface area contributed by atoms with Crippen LogP contribution in [0.5, 0.6) is 0 Å². The lowest BCUT2D eigenvalue weighted by Crippen LogP contribution is -2.42. The molecule has 1 atom stereocenters. The second-order valence-electron chi connectivity index (χ2n) is 5.51. The molecule has 1 saturated carbocycles. The molecule has 1 saturated heterocycles. The molecule has 1 aliphatic carbocycles. The summed E-state index contributed by atoms with van der Waals surface area (Å²) in [5.74, 6) is 0.430. The lowest BCUT2D eigenvalue weighted by Gasteiger charge is -2.23. The van der Waals surface area contributed by atoms with E-state index in [4.69, 9.17) is 9.26 Å². The Kier molecular flexibility index (Phi) is 3.46. The number of carbonyl (C=O) groups is 2. The topological polar surface area (TPSA) is 72.6 Å². The van der Waals surface area contributed by atoms with Crippen molar-refractivity contribution < 1.29 is 18.8 Å². The number of amides is 1. The number of hydrogen-bond acceptors (Lipinski definition) is 5. The van der Waals surface area contributed by atoms with Crippen molar-refractivity contribution >= 4 is 11.9 Å². The summed E-state index contributed by atoms with van der Waals surface area (Å²) in [5.41, 5.74) is 0.752. The Labute approximate surface area is 117 Å². The Balaban J connectivity index is 1.56. The van der Waals surface area contributed by atoms with Gasteiger partial charge >= 0.3 is 5.97 Å². The first kappa shape index (κ1) is 13.1. The van der Waals surface area contributed by atoms with Crippen LogP contribution in [0.1, 0.15) is 37.1 Å². The van der Waals surface area contributed by atoms with E-state index in [1.165, 1.54) is 0 Å². The minimum Gasteiger partial charge on any atom is -0.456 e. The van der Waals surface area contributed by atoms with Crippen LogP contribution in [0.15, 0.2) is 10.6 Å². The highest BCUT2D eigenvalue weighted by atomic mass is 16.6. The Bertz CT molecular complexity index is 521. The van der Waals surface area contributed by atoms with Gasteiger partial charge in [-0.25, -0.2) is 4.79 Å². The number of rotatable bonds is 4. The lowest BCUT2D eigenvalue weighted by atomic mass is 10.2. The minimum absolute atomic E-state index is 0.0711. The predicted octanol–water partition coefficient (Wildman–Crippen LogP) is 1.43. The first-order valence-corrected chi connectivity index (χ1v) is 7.04. The first-order valence-electron chi connectivity index (χ1n) is 7.04. The molecule has 0 spiro atoms. The van der Waals surface area contributed by atoms with Crippen LogP contribution in [0.3, 0.4) is 0 Å². The summed E-state index contributed by atoms with van der Waals surface area (Å²) in [7, 11) is 0. The molecular formula is C14H18N2O4. The van der Waals surface area contributed by atoms with Gasteiger partial charge in [0.25, 0.3) is 0 Å². The van der Waals surface area contributed by atoms with E-state index in [2.05, 4.69) is 5.16 Å². The highest BCUT2D eigenvalue weighted by Gasteiger charge is 2.41. The molecular weight excluding hydrogens is 260 g/mol. The summed E-state index contributed by atoms with van der Waals surface area (Å²) in [6.07, 6.45) is 3.45. The molecule has 6 heteroatoms. The van der Waals surface area contributed by atoms with Gasteiger partial charge in [-0.15, -0.1) is 0 Å². The highest BCUT2D eigenvalue weighted by molar-refractivity contribution is 5.87. The fourth-order valence-corrected chi connectivity index (χ4v) is 2.56. The molecule has 1 amide bonds. The van der Waals surface area contributed by atoms with Crippen LogP contribution >= 0.6 is 0 Å². The van der Waals surface area contributed by atoms with E-state index in [0.29, 0.717) is 18.7 Å². The van der Waals surface area contributed by atoms with Crippen LogP contribution in [-0.4, -0.2) is 34.5 Å². The predicted molar refractivity (Wildman–Crippen MR) is 68.5 cm³/mol. The first-order chi connectivity index (χ1) is 9.65. The summed E-state index contributed by atoms with van der Waals surface area (Å²) in [6, 6.07) is 1.31. The molecule has 0 unspecified atom stereocenters. The van der Waals surface area contributed by atoms with Crippen molar-refractivity contribution in [1.82, 2.24) is 10.1 Å². The van der Waals surface area contributed by atoms with Crippen molar-refractivity contribution in [2.75, 3.05) is 6.54 Å². The summed E-state index contributed by atoms with van der Waals surface area (Å²) in [4.78, 5) is 25.9. The zero-order chi connectivity index (χ0) is 14.1. The Hall–Kier alpha value is -1.85. The average molecular weight is 278 g/mol. The molecule has 2 heterocycles. The van der Waals surface area contributed by atoms with Crippen LogP contribution in [0, 0.1) is 12.8 Å². The Morgan fingerprint density at radius 2 is 2.25 bits per heavy atom. The van der Waals surface area contributed by atoms with Crippen molar-refractivity contribution in [3.05, 3.63) is 17.5 Å². The van der Waals surface area contributed by atoms with E-state index in [1.54, 1.807) is 11.0 Å². The molecule has 1 aromatic rings. The van der Waals surface area contributed by atoms with Gasteiger partial charge in [-0.2, -0.15) is 0 Å². The molecule has 3 rings (SSSR count). The van der Waals surface area contributed by atoms with Gasteiger partial charge in [0, 0.05) is 18.5 Å². The van der Waals surface area contributed by atoms with Gasteiger partial charge in [0.15, 0.2) is 12.4 Å². The number of hydrogen-bond donors (Lipinski definition) is 0. The molecule has 0 aromatic carbocycles. The van der Waals surface area contributed by atoms with Crippen molar-refractivity contribution in [2.45, 2.75) is 45.3 Å². The summed E-state index contributed by atoms with van der Waals surface area (Å²) >= 11 is 0. The fraction of sp³-hybridized carbons (Fsp3) is 0.643. The van der Waals surface area contributed by atoms with Gasteiger partial charge in [-0.1, -0.05) is 5.16 Å². The van der Waals surface area contributed by atoms with E-state index < -0.39 is 6.04 Å². The Morgan fingerprint density at radius 1 is 1.45 bits per heavy atom. The second-order valence-corrected chi connectivity index (χ2v) is 5.51. The zero-order valence-corrected chi connectivity index (χ0v) is 11.5. The highest BCUT2D eigenvalue weighted by Crippen LogP contribution is 2.33. The number of aromatic nitrogens is 1. The second kappa shape index (κ2) is 5.26. The van der Waals surface area contributed by atoms with E-state index >= 15 is 0 Å². The molecule has 1 aliphatic heterocycles. The van der Waals surface area contributed by atoms with Gasteiger partial charge < -0.3 is 14.2 Å². The van der Waals surface area contributed by atoms with E-state index in [1.807, 2.05) is 6.92 Å². The number of carbonyl (C=O) groups excluding carboxylic acids is 2. The third-order valence-electron chi connectivity index (χ3n) is 3.77. The lowest BCUT2D eigenvalue weighted by molar-refractivity contribution is -0.155. The number of ether oxygens (including phenoxy) is 1. The molecule has 2 fully saturated rings. The van der Waals surface area contributed by atoms with Crippen LogP contribution in [0.2, 0.25) is 0 Å². The van der Waals surface area contributed by atoms with Crippen molar-refractivity contribution in [2.24, 2.45) is 5.92 Å². The molecule has 6 nitrogen and oxygen atoms in total. The third kappa shape index (κ3) is 2.69. The summed E-state index contributed by atoms with van der Waals surface area (Å²) in [6.45, 7) is 2.54. The van der Waals surface area contributed by atoms with Crippen LogP contribution in [0.4, 0.5) is 0 Å². The van der Waals surface area contributed by atoms with E-state index in [0.717, 1.165) is 25.0 Å². The van der Waals surface area contributed by atoms with Gasteiger partial charge in [0.05, 0.1) is 5.69 Å². The molecule has 0 N–H and O–H groups in total. The van der Waals surface area contributed by atoms with Crippen LogP contribution in [-0.2, 0) is 20.9 Å². The monoisotopic (exact) mass is 278 g/mol. The molecule has 1 aromatic heterocycles. The smallest absolute Gasteiger partial charge is 0.329 e. The fourth-order valence-electron chi connectivity index (χ4n) is 2.56. The third-order valence-corrected chi connectivity index (χ3v) is 3.77. The van der Waals surface area contributed by atoms with E-state index in [9.17, 15) is 9.59 Å². The van der Waals surface area contributed by atoms with E-state index in [-0.39, 0.29) is 24.4 Å². The maximum atomic E-state index is 12.1. The Morgan fingerprint density at radius 3 is 2.90 bits per heavy atom. The number of likely N-dealkylation sites (tertiary alicyclic amines) is 1. The largest absolute Gasteiger partial charge is 0.456 e. The molecule has 108 valence electrons. The quantitative estimate of drug-likeness (QED) is 0.779. The van der Waals surface area contributed by atoms with Crippen LogP contribution < -0.4 is 0 Å². The normalized spacial score (nSPS) is 22.1. The number of esters is 1. The van der Waals surface area contributed by atoms with Crippen molar-refractivity contribution in [3.8, 4) is 0 Å². The van der Waals surface area contributed by atoms with Gasteiger partial charge in [-0.3, -0.25) is 4.79 Å². The van der Waals surface area contributed by atoms with Crippen molar-refractivity contribution in [1.29, 1.82) is 0 Å². The van der Waals surface area contributed by atoms with Gasteiger partial charge in [0.1, 0.15) is 6.04 Å². The molecule has 0 radical (unpaired) electrons. The average Bonchev–Trinajstić information content (AvgIpc) is 3.02. The van der Waals surface area contributed by atoms with Crippen molar-refractivity contribution in [3.63, 3.8) is 0 Å². The maximum absolute atomic E-state index is 12.1. The van der Waals surface area contributed by atoms with Crippen LogP contribution in [0.25, 0.3) is 0 Å². The molecule has 0 bridgehead atoms. The van der Waals surface area contributed by atoms with Gasteiger partial charge in [0.2, 0.25) is 5.91 Å². The molecule has 2 aliphatic rings. The zero-order valence-electron chi connectivity index (χ0n) is 11.5. The molecule has 20 heavy (non-hydrogen) atoms. The summed E-state index contributed by atoms with van der Waals surface area (Å²) < 4.78 is 10.2. The number of nitrogens with zero attached hydrogens (tertiary/aromatic N) is 2. The SMILES string of the molecule is Cc1cc(COC(=O)[C@H]2CCCN2C(=O)C2CC2)on1. The van der Waals surface area contributed by atoms with Gasteiger partial charge in [-0.05, 0) is 32.6 Å². The minimum atomic E-state index is -0.424. The number of aryl methyl sites for hydroxylation is 1.